The van der Waals surface area contributed by atoms with Gasteiger partial charge in [0.15, 0.2) is 0 Å². The van der Waals surface area contributed by atoms with Gasteiger partial charge in [-0.05, 0) is 83.8 Å². The zero-order valence-electron chi connectivity index (χ0n) is 39.8. The van der Waals surface area contributed by atoms with E-state index in [2.05, 4.69) is 58.3 Å². The number of rotatable bonds is 5. The number of pyridine rings is 2. The van der Waals surface area contributed by atoms with E-state index in [1.807, 2.05) is 134 Å². The molecule has 0 saturated heterocycles. The number of aromatic nitrogens is 5. The highest BCUT2D eigenvalue weighted by Crippen LogP contribution is 2.51. The summed E-state index contributed by atoms with van der Waals surface area (Å²) in [5, 5.41) is 5.01. The third-order valence-electron chi connectivity index (χ3n) is 12.3. The van der Waals surface area contributed by atoms with Gasteiger partial charge in [0.25, 0.3) is 0 Å². The summed E-state index contributed by atoms with van der Waals surface area (Å²) in [7, 11) is 0. The lowest BCUT2D eigenvalue weighted by Gasteiger charge is -2.25. The van der Waals surface area contributed by atoms with E-state index in [0.29, 0.717) is 39.3 Å². The van der Waals surface area contributed by atoms with Gasteiger partial charge in [-0.15, -0.1) is 0 Å². The zero-order chi connectivity index (χ0) is 46.1. The third-order valence-corrected chi connectivity index (χ3v) is 12.3. The van der Waals surface area contributed by atoms with Crippen molar-refractivity contribution >= 4 is 88.2 Å². The van der Waals surface area contributed by atoms with Gasteiger partial charge in [0.05, 0.1) is 39.1 Å². The average molecular weight is 800 g/mol. The van der Waals surface area contributed by atoms with Crippen LogP contribution in [0.25, 0.3) is 71.2 Å². The Hall–Kier alpha value is -7.58. The van der Waals surface area contributed by atoms with Gasteiger partial charge in [-0.25, -0.2) is 4.98 Å². The molecule has 12 rings (SSSR count). The maximum atomic E-state index is 8.94. The second kappa shape index (κ2) is 13.0. The summed E-state index contributed by atoms with van der Waals surface area (Å²) >= 11 is 0. The molecule has 5 aromatic heterocycles. The minimum atomic E-state index is -2.60. The molecule has 0 atom stereocenters. The molecule has 61 heavy (non-hydrogen) atoms. The summed E-state index contributed by atoms with van der Waals surface area (Å²) < 4.78 is 65.3. The van der Waals surface area contributed by atoms with Crippen molar-refractivity contribution in [2.24, 2.45) is 14.0 Å². The van der Waals surface area contributed by atoms with Gasteiger partial charge in [-0.1, -0.05) is 75.4 Å². The first-order valence-electron chi connectivity index (χ1n) is 23.4. The van der Waals surface area contributed by atoms with Crippen LogP contribution < -0.4 is 14.5 Å². The largest absolute Gasteiger partial charge is 0.457 e. The van der Waals surface area contributed by atoms with Crippen molar-refractivity contribution in [1.29, 1.82) is 0 Å². The number of ether oxygens (including phenoxy) is 1. The lowest BCUT2D eigenvalue weighted by molar-refractivity contribution is 0.483. The monoisotopic (exact) mass is 799 g/mol. The lowest BCUT2D eigenvalue weighted by atomic mass is 9.88. The maximum absolute atomic E-state index is 8.94. The van der Waals surface area contributed by atoms with Crippen LogP contribution in [-0.4, -0.2) is 30.3 Å². The SMILES string of the molecule is [2H]C([2H])([2H])n1c2ccccc2c2cc3c4ccccc4n(C([2H])([2H])[2H])c3c(N3CN(c4cccc(Oc5ccc6c7cnccc7n(-c7cc(C(C)(C)C)ccn7)c6c5)c4)c4ccccc43)c21. The van der Waals surface area contributed by atoms with Crippen molar-refractivity contribution in [2.75, 3.05) is 16.5 Å². The molecule has 0 radical (unpaired) electrons. The van der Waals surface area contributed by atoms with E-state index in [1.54, 1.807) is 6.20 Å². The number of fused-ring (bicyclic) bond motifs is 10. The summed E-state index contributed by atoms with van der Waals surface area (Å²) in [6.45, 7) is 1.61. The molecule has 0 amide bonds. The molecule has 296 valence electrons. The topological polar surface area (TPSA) is 56.3 Å². The van der Waals surface area contributed by atoms with Crippen molar-refractivity contribution in [3.8, 4) is 17.3 Å². The van der Waals surface area contributed by atoms with Gasteiger partial charge in [0.2, 0.25) is 0 Å². The van der Waals surface area contributed by atoms with Gasteiger partial charge < -0.3 is 23.7 Å². The number of anilines is 4. The Morgan fingerprint density at radius 2 is 1.23 bits per heavy atom. The molecule has 0 fully saturated rings. The smallest absolute Gasteiger partial charge is 0.137 e. The van der Waals surface area contributed by atoms with Crippen LogP contribution in [0.2, 0.25) is 0 Å². The number of para-hydroxylation sites is 4. The Kier molecular flexibility index (Phi) is 6.29. The van der Waals surface area contributed by atoms with Crippen LogP contribution in [0, 0.1) is 0 Å². The summed E-state index contributed by atoms with van der Waals surface area (Å²) in [5.74, 6) is 2.06. The van der Waals surface area contributed by atoms with Crippen LogP contribution in [0.3, 0.4) is 0 Å². The van der Waals surface area contributed by atoms with E-state index >= 15 is 0 Å². The summed E-state index contributed by atoms with van der Waals surface area (Å²) in [5.41, 5.74) is 7.95. The van der Waals surface area contributed by atoms with Crippen molar-refractivity contribution in [2.45, 2.75) is 26.2 Å². The summed E-state index contributed by atoms with van der Waals surface area (Å²) in [4.78, 5) is 13.5. The predicted molar refractivity (Wildman–Crippen MR) is 252 cm³/mol. The molecule has 6 heterocycles. The van der Waals surface area contributed by atoms with Crippen molar-refractivity contribution in [1.82, 2.24) is 23.7 Å². The van der Waals surface area contributed by atoms with E-state index in [-0.39, 0.29) is 12.1 Å². The molecule has 8 heteroatoms. The highest BCUT2D eigenvalue weighted by Gasteiger charge is 2.33. The van der Waals surface area contributed by atoms with E-state index in [9.17, 15) is 0 Å². The molecule has 8 nitrogen and oxygen atoms in total. The third kappa shape index (κ3) is 5.24. The second-order valence-corrected chi connectivity index (χ2v) is 16.9. The van der Waals surface area contributed by atoms with Gasteiger partial charge in [0.1, 0.15) is 24.0 Å². The highest BCUT2D eigenvalue weighted by molar-refractivity contribution is 6.25. The van der Waals surface area contributed by atoms with Crippen molar-refractivity contribution in [3.05, 3.63) is 164 Å². The molecule has 0 N–H and O–H groups in total. The van der Waals surface area contributed by atoms with Gasteiger partial charge in [-0.3, -0.25) is 9.55 Å². The van der Waals surface area contributed by atoms with Crippen LogP contribution in [0.5, 0.6) is 11.5 Å². The number of benzene rings is 6. The molecule has 6 aromatic carbocycles. The van der Waals surface area contributed by atoms with E-state index in [4.69, 9.17) is 17.9 Å². The van der Waals surface area contributed by atoms with Gasteiger partial charge >= 0.3 is 0 Å². The molecule has 0 bridgehead atoms. The van der Waals surface area contributed by atoms with Crippen LogP contribution in [-0.2, 0) is 19.4 Å². The Labute approximate surface area is 361 Å². The zero-order valence-corrected chi connectivity index (χ0v) is 33.8. The fraction of sp³-hybridized carbons (Fsp3) is 0.132. The molecule has 1 aliphatic heterocycles. The second-order valence-electron chi connectivity index (χ2n) is 16.9. The predicted octanol–water partition coefficient (Wildman–Crippen LogP) is 13.2. The fourth-order valence-corrected chi connectivity index (χ4v) is 9.44. The van der Waals surface area contributed by atoms with Crippen molar-refractivity contribution in [3.63, 3.8) is 0 Å². The molecule has 1 aliphatic rings. The minimum absolute atomic E-state index is 0.0702. The molecule has 0 unspecified atom stereocenters. The molecular formula is C53H43N7O. The van der Waals surface area contributed by atoms with Gasteiger partial charge in [0, 0.05) is 102 Å². The van der Waals surface area contributed by atoms with E-state index in [1.165, 1.54) is 14.7 Å². The first-order valence-corrected chi connectivity index (χ1v) is 20.4. The van der Waals surface area contributed by atoms with Crippen molar-refractivity contribution < 1.29 is 13.0 Å². The molecule has 0 spiro atoms. The summed E-state index contributed by atoms with van der Waals surface area (Å²) in [6, 6.07) is 45.1. The minimum Gasteiger partial charge on any atom is -0.457 e. The normalized spacial score (nSPS) is 15.1. The molecule has 0 saturated carbocycles. The molecular weight excluding hydrogens is 751 g/mol. The first-order chi connectivity index (χ1) is 32.1. The first kappa shape index (κ1) is 29.6. The maximum Gasteiger partial charge on any atom is 0.137 e. The average Bonchev–Trinajstić information content (AvgIpc) is 4.05. The quantitative estimate of drug-likeness (QED) is 0.174. The van der Waals surface area contributed by atoms with Crippen LogP contribution in [0.15, 0.2) is 158 Å². The Morgan fingerprint density at radius 1 is 0.557 bits per heavy atom. The molecule has 0 aliphatic carbocycles. The Morgan fingerprint density at radius 3 is 1.95 bits per heavy atom. The summed E-state index contributed by atoms with van der Waals surface area (Å²) in [6.07, 6.45) is 5.55. The highest BCUT2D eigenvalue weighted by atomic mass is 16.5. The lowest BCUT2D eigenvalue weighted by Crippen LogP contribution is -2.25. The van der Waals surface area contributed by atoms with E-state index in [0.717, 1.165) is 66.2 Å². The molecule has 11 aromatic rings. The standard InChI is InChI=1S/C53H43N7O/c1-53(2,3)33-23-26-55-49(27-33)60-45-24-25-54-31-42(45)39-22-21-36(29-48(39)60)61-35-14-12-13-34(28-35)58-32-59(47-20-11-10-19-46(47)58)52-50-40(37-15-6-8-17-43(37)56(50)4)30-41-38-16-7-9-18-44(38)57(5)51(41)52/h6-31H,32H2,1-5H3/i4D3,5D3. The van der Waals surface area contributed by atoms with Gasteiger partial charge in [-0.2, -0.15) is 0 Å². The number of nitrogens with zero attached hydrogens (tertiary/aromatic N) is 7. The number of aryl methyl sites for hydroxylation is 2. The van der Waals surface area contributed by atoms with Crippen LogP contribution >= 0.6 is 0 Å². The number of hydrogen-bond acceptors (Lipinski definition) is 5. The number of hydrogen-bond donors (Lipinski definition) is 0. The van der Waals surface area contributed by atoms with Crippen LogP contribution in [0.1, 0.15) is 34.6 Å². The Bertz CT molecular complexity index is 3710. The fourth-order valence-electron chi connectivity index (χ4n) is 9.44. The van der Waals surface area contributed by atoms with Crippen LogP contribution in [0.4, 0.5) is 22.7 Å². The Balaban J connectivity index is 1.01. The van der Waals surface area contributed by atoms with E-state index < -0.39 is 14.0 Å².